The van der Waals surface area contributed by atoms with E-state index in [0.29, 0.717) is 5.82 Å². The smallest absolute Gasteiger partial charge is 0.187 e. The summed E-state index contributed by atoms with van der Waals surface area (Å²) in [5, 5.41) is 9.56. The van der Waals surface area contributed by atoms with E-state index in [9.17, 15) is 14.4 Å². The van der Waals surface area contributed by atoms with Crippen LogP contribution in [-0.2, 0) is 4.79 Å². The maximum Gasteiger partial charge on any atom is 0.187 e. The summed E-state index contributed by atoms with van der Waals surface area (Å²) in [6.07, 6.45) is 0. The van der Waals surface area contributed by atoms with Crippen molar-refractivity contribution in [3.63, 3.8) is 0 Å². The Morgan fingerprint density at radius 2 is 1.64 bits per heavy atom. The molecule has 1 aliphatic rings. The fourth-order valence-electron chi connectivity index (χ4n) is 2.81. The molecule has 6 heteroatoms. The molecule has 1 aliphatic heterocycles. The zero-order chi connectivity index (χ0) is 18.0. The lowest BCUT2D eigenvalue weighted by atomic mass is 10.2. The van der Waals surface area contributed by atoms with Crippen LogP contribution in [0.25, 0.3) is 0 Å². The monoisotopic (exact) mass is 353 g/mol. The van der Waals surface area contributed by atoms with Gasteiger partial charge in [0.25, 0.3) is 0 Å². The molecule has 0 N–H and O–H groups in total. The highest BCUT2D eigenvalue weighted by Gasteiger charge is 2.31. The van der Waals surface area contributed by atoms with Crippen molar-refractivity contribution in [3.8, 4) is 6.07 Å². The summed E-state index contributed by atoms with van der Waals surface area (Å²) in [6.45, 7) is 0. The number of fused-ring (bicyclic) bond motifs is 1. The van der Waals surface area contributed by atoms with Crippen molar-refractivity contribution in [2.24, 2.45) is 0 Å². The molecule has 0 aromatic heterocycles. The second kappa shape index (κ2) is 6.99. The second-order valence-electron chi connectivity index (χ2n) is 5.58. The molecule has 0 unspecified atom stereocenters. The maximum absolute atomic E-state index is 13.0. The average Bonchev–Trinajstić information content (AvgIpc) is 2.87. The number of hydrogen-bond donors (Lipinski definition) is 0. The minimum Gasteiger partial charge on any atom is -0.328 e. The first-order valence-corrected chi connectivity index (χ1v) is 8.64. The normalized spacial score (nSPS) is 12.8. The standard InChI is InChI=1S/C19H16FN3OS/c1-22-16-5-3-4-6-17(16)23(2)19(22)15(11-21)18(24)12-25-14-9-7-13(20)8-10-14/h3-10H,12H2,1-2H3. The minimum absolute atomic E-state index is 0.121. The molecule has 4 nitrogen and oxygen atoms in total. The maximum atomic E-state index is 13.0. The molecule has 2 aromatic carbocycles. The van der Waals surface area contributed by atoms with Gasteiger partial charge in [-0.2, -0.15) is 5.26 Å². The zero-order valence-corrected chi connectivity index (χ0v) is 14.7. The van der Waals surface area contributed by atoms with Crippen molar-refractivity contribution < 1.29 is 9.18 Å². The molecular formula is C19H16FN3OS. The number of anilines is 2. The predicted octanol–water partition coefficient (Wildman–Crippen LogP) is 3.81. The van der Waals surface area contributed by atoms with E-state index in [4.69, 9.17) is 0 Å². The lowest BCUT2D eigenvalue weighted by Crippen LogP contribution is -2.26. The van der Waals surface area contributed by atoms with Gasteiger partial charge in [-0.25, -0.2) is 4.39 Å². The number of hydrogen-bond acceptors (Lipinski definition) is 5. The molecule has 0 spiro atoms. The molecular weight excluding hydrogens is 337 g/mol. The van der Waals surface area contributed by atoms with Crippen LogP contribution in [0.1, 0.15) is 0 Å². The predicted molar refractivity (Wildman–Crippen MR) is 98.0 cm³/mol. The number of nitriles is 1. The van der Waals surface area contributed by atoms with Gasteiger partial charge in [0.05, 0.1) is 17.1 Å². The number of benzene rings is 2. The van der Waals surface area contributed by atoms with Crippen LogP contribution in [0.2, 0.25) is 0 Å². The van der Waals surface area contributed by atoms with Gasteiger partial charge in [-0.3, -0.25) is 4.79 Å². The summed E-state index contributed by atoms with van der Waals surface area (Å²) in [4.78, 5) is 17.1. The molecule has 0 aliphatic carbocycles. The number of Topliss-reactive ketones (excluding diaryl/α,β-unsaturated/α-hetero) is 1. The number of ketones is 1. The van der Waals surface area contributed by atoms with E-state index < -0.39 is 0 Å². The Morgan fingerprint density at radius 3 is 2.16 bits per heavy atom. The quantitative estimate of drug-likeness (QED) is 0.475. The van der Waals surface area contributed by atoms with Crippen LogP contribution in [0.15, 0.2) is 64.8 Å². The minimum atomic E-state index is -0.317. The second-order valence-corrected chi connectivity index (χ2v) is 6.63. The molecule has 2 aromatic rings. The highest BCUT2D eigenvalue weighted by molar-refractivity contribution is 8.00. The van der Waals surface area contributed by atoms with E-state index in [-0.39, 0.29) is 22.9 Å². The first kappa shape index (κ1) is 17.1. The van der Waals surface area contributed by atoms with Crippen LogP contribution < -0.4 is 9.80 Å². The molecule has 0 amide bonds. The number of allylic oxidation sites excluding steroid dienone is 1. The largest absolute Gasteiger partial charge is 0.328 e. The molecule has 0 saturated heterocycles. The number of thioether (sulfide) groups is 1. The van der Waals surface area contributed by atoms with Gasteiger partial charge >= 0.3 is 0 Å². The molecule has 1 heterocycles. The van der Waals surface area contributed by atoms with Crippen LogP contribution in [-0.4, -0.2) is 25.6 Å². The fraction of sp³-hybridized carbons (Fsp3) is 0.158. The number of carbonyl (C=O) groups is 1. The number of nitrogens with zero attached hydrogens (tertiary/aromatic N) is 3. The van der Waals surface area contributed by atoms with E-state index in [1.807, 2.05) is 48.2 Å². The third-order valence-corrected chi connectivity index (χ3v) is 5.05. The third kappa shape index (κ3) is 3.24. The topological polar surface area (TPSA) is 47.3 Å². The Morgan fingerprint density at radius 1 is 1.08 bits per heavy atom. The van der Waals surface area contributed by atoms with Crippen LogP contribution in [0.3, 0.4) is 0 Å². The van der Waals surface area contributed by atoms with Crippen molar-refractivity contribution in [2.45, 2.75) is 4.90 Å². The molecule has 0 bridgehead atoms. The number of rotatable bonds is 4. The lowest BCUT2D eigenvalue weighted by molar-refractivity contribution is -0.112. The molecule has 0 radical (unpaired) electrons. The van der Waals surface area contributed by atoms with E-state index in [1.165, 1.54) is 23.9 Å². The fourth-order valence-corrected chi connectivity index (χ4v) is 3.58. The van der Waals surface area contributed by atoms with Crippen LogP contribution in [0, 0.1) is 17.1 Å². The number of para-hydroxylation sites is 2. The summed E-state index contributed by atoms with van der Waals surface area (Å²) < 4.78 is 13.0. The van der Waals surface area contributed by atoms with E-state index >= 15 is 0 Å². The van der Waals surface area contributed by atoms with Gasteiger partial charge in [0.15, 0.2) is 5.78 Å². The van der Waals surface area contributed by atoms with Crippen molar-refractivity contribution in [1.29, 1.82) is 5.26 Å². The van der Waals surface area contributed by atoms with Gasteiger partial charge in [-0.05, 0) is 36.4 Å². The highest BCUT2D eigenvalue weighted by Crippen LogP contribution is 2.40. The Bertz CT molecular complexity index is 855. The Labute approximate surface area is 150 Å². The van der Waals surface area contributed by atoms with Gasteiger partial charge in [-0.1, -0.05) is 12.1 Å². The first-order valence-electron chi connectivity index (χ1n) is 7.65. The van der Waals surface area contributed by atoms with E-state index in [2.05, 4.69) is 6.07 Å². The summed E-state index contributed by atoms with van der Waals surface area (Å²) in [5.74, 6) is 0.130. The molecule has 0 fully saturated rings. The number of carbonyl (C=O) groups excluding carboxylic acids is 1. The van der Waals surface area contributed by atoms with E-state index in [0.717, 1.165) is 16.3 Å². The Balaban J connectivity index is 1.84. The van der Waals surface area contributed by atoms with Gasteiger partial charge in [0.1, 0.15) is 23.3 Å². The average molecular weight is 353 g/mol. The van der Waals surface area contributed by atoms with E-state index in [1.54, 1.807) is 12.1 Å². The Hall–Kier alpha value is -2.78. The van der Waals surface area contributed by atoms with Crippen LogP contribution in [0.4, 0.5) is 15.8 Å². The van der Waals surface area contributed by atoms with Crippen molar-refractivity contribution in [1.82, 2.24) is 0 Å². The molecule has 126 valence electrons. The first-order chi connectivity index (χ1) is 12.0. The van der Waals surface area contributed by atoms with Gasteiger partial charge in [0.2, 0.25) is 0 Å². The third-order valence-electron chi connectivity index (χ3n) is 4.04. The van der Waals surface area contributed by atoms with Crippen molar-refractivity contribution in [3.05, 3.63) is 65.7 Å². The van der Waals surface area contributed by atoms with Gasteiger partial charge < -0.3 is 9.80 Å². The van der Waals surface area contributed by atoms with Gasteiger partial charge in [-0.15, -0.1) is 11.8 Å². The summed E-state index contributed by atoms with van der Waals surface area (Å²) in [7, 11) is 3.69. The zero-order valence-electron chi connectivity index (χ0n) is 13.9. The van der Waals surface area contributed by atoms with Crippen LogP contribution >= 0.6 is 11.8 Å². The number of halogens is 1. The Kier molecular flexibility index (Phi) is 4.77. The summed E-state index contributed by atoms with van der Waals surface area (Å²) in [5.41, 5.74) is 2.02. The lowest BCUT2D eigenvalue weighted by Gasteiger charge is -2.19. The SMILES string of the molecule is CN1C(=C(C#N)C(=O)CSc2ccc(F)cc2)N(C)c2ccccc21. The molecule has 25 heavy (non-hydrogen) atoms. The van der Waals surface area contributed by atoms with Crippen LogP contribution in [0.5, 0.6) is 0 Å². The molecule has 0 saturated carbocycles. The molecule has 0 atom stereocenters. The molecule has 3 rings (SSSR count). The van der Waals surface area contributed by atoms with Crippen molar-refractivity contribution >= 4 is 28.9 Å². The van der Waals surface area contributed by atoms with Crippen molar-refractivity contribution in [2.75, 3.05) is 29.6 Å². The highest BCUT2D eigenvalue weighted by atomic mass is 32.2. The summed E-state index contributed by atoms with van der Waals surface area (Å²) in [6, 6.07) is 15.7. The summed E-state index contributed by atoms with van der Waals surface area (Å²) >= 11 is 1.29. The van der Waals surface area contributed by atoms with Gasteiger partial charge in [0, 0.05) is 19.0 Å².